The molecular weight excluding hydrogens is 302 g/mol. The van der Waals surface area contributed by atoms with Crippen molar-refractivity contribution in [2.45, 2.75) is 19.6 Å². The lowest BCUT2D eigenvalue weighted by atomic mass is 10.1. The van der Waals surface area contributed by atoms with Crippen molar-refractivity contribution in [3.05, 3.63) is 16.4 Å². The Labute approximate surface area is 114 Å². The maximum Gasteiger partial charge on any atom is 0.407 e. The molecule has 0 aliphatic carbocycles. The number of ether oxygens (including phenoxy) is 1. The minimum Gasteiger partial charge on any atom is -0.465 e. The first-order valence-corrected chi connectivity index (χ1v) is 6.54. The normalized spacial score (nSPS) is 23.6. The summed E-state index contributed by atoms with van der Waals surface area (Å²) in [5.74, 6) is 0.219. The second-order valence-electron chi connectivity index (χ2n) is 4.60. The number of rotatable bonds is 3. The van der Waals surface area contributed by atoms with Crippen LogP contribution in [-0.4, -0.2) is 45.1 Å². The highest BCUT2D eigenvalue weighted by Crippen LogP contribution is 2.22. The summed E-state index contributed by atoms with van der Waals surface area (Å²) in [6, 6.07) is 0. The summed E-state index contributed by atoms with van der Waals surface area (Å²) < 4.78 is 8.40. The van der Waals surface area contributed by atoms with Crippen molar-refractivity contribution in [2.24, 2.45) is 13.0 Å². The van der Waals surface area contributed by atoms with E-state index in [0.29, 0.717) is 19.7 Å². The number of nitrogens with zero attached hydrogens (tertiary/aromatic N) is 3. The van der Waals surface area contributed by atoms with Crippen LogP contribution in [0.4, 0.5) is 4.79 Å². The molecule has 1 amide bonds. The molecule has 1 N–H and O–H groups in total. The third-order valence-electron chi connectivity index (χ3n) is 3.20. The summed E-state index contributed by atoms with van der Waals surface area (Å²) >= 11 is 3.43. The fourth-order valence-corrected chi connectivity index (χ4v) is 2.38. The highest BCUT2D eigenvalue weighted by molar-refractivity contribution is 9.10. The third kappa shape index (κ3) is 2.67. The Morgan fingerprint density at radius 3 is 2.89 bits per heavy atom. The molecule has 0 spiro atoms. The van der Waals surface area contributed by atoms with Crippen LogP contribution in [0.25, 0.3) is 0 Å². The number of hydrogen-bond acceptors (Lipinski definition) is 3. The molecule has 0 radical (unpaired) electrons. The molecule has 1 aliphatic rings. The zero-order valence-corrected chi connectivity index (χ0v) is 11.9. The van der Waals surface area contributed by atoms with Gasteiger partial charge in [0, 0.05) is 25.1 Å². The van der Waals surface area contributed by atoms with E-state index >= 15 is 0 Å². The van der Waals surface area contributed by atoms with Crippen LogP contribution in [0.3, 0.4) is 0 Å². The van der Waals surface area contributed by atoms with Crippen LogP contribution >= 0.6 is 15.9 Å². The van der Waals surface area contributed by atoms with Gasteiger partial charge < -0.3 is 14.7 Å². The SMILES string of the molecule is CC1CN(C(=O)O)CC1OCc1cnn(C)c1Br. The molecule has 18 heavy (non-hydrogen) atoms. The van der Waals surface area contributed by atoms with Crippen LogP contribution in [-0.2, 0) is 18.4 Å². The molecule has 2 heterocycles. The molecule has 0 saturated carbocycles. The highest BCUT2D eigenvalue weighted by Gasteiger charge is 2.33. The summed E-state index contributed by atoms with van der Waals surface area (Å²) in [6.45, 7) is 3.42. The van der Waals surface area contributed by atoms with Crippen LogP contribution in [0.1, 0.15) is 12.5 Å². The summed E-state index contributed by atoms with van der Waals surface area (Å²) in [5.41, 5.74) is 0.971. The average molecular weight is 318 g/mol. The Balaban J connectivity index is 1.91. The maximum atomic E-state index is 10.9. The number of amides is 1. The van der Waals surface area contributed by atoms with E-state index in [2.05, 4.69) is 21.0 Å². The van der Waals surface area contributed by atoms with E-state index < -0.39 is 6.09 Å². The van der Waals surface area contributed by atoms with Crippen molar-refractivity contribution < 1.29 is 14.6 Å². The first kappa shape index (κ1) is 13.4. The lowest BCUT2D eigenvalue weighted by Gasteiger charge is -2.14. The average Bonchev–Trinajstić information content (AvgIpc) is 2.83. The van der Waals surface area contributed by atoms with Crippen molar-refractivity contribution >= 4 is 22.0 Å². The fraction of sp³-hybridized carbons (Fsp3) is 0.636. The zero-order valence-electron chi connectivity index (χ0n) is 10.3. The minimum absolute atomic E-state index is 0.0480. The van der Waals surface area contributed by atoms with Gasteiger partial charge in [-0.15, -0.1) is 0 Å². The van der Waals surface area contributed by atoms with E-state index in [-0.39, 0.29) is 12.0 Å². The van der Waals surface area contributed by atoms with Gasteiger partial charge in [0.15, 0.2) is 0 Å². The van der Waals surface area contributed by atoms with Gasteiger partial charge in [-0.1, -0.05) is 6.92 Å². The van der Waals surface area contributed by atoms with Crippen LogP contribution < -0.4 is 0 Å². The molecule has 100 valence electrons. The second kappa shape index (κ2) is 5.27. The molecule has 2 rings (SSSR count). The van der Waals surface area contributed by atoms with Gasteiger partial charge in [0.05, 0.1) is 25.5 Å². The first-order valence-electron chi connectivity index (χ1n) is 5.75. The molecular formula is C11H16BrN3O3. The molecule has 1 aromatic heterocycles. The number of hydrogen-bond donors (Lipinski definition) is 1. The summed E-state index contributed by atoms with van der Waals surface area (Å²) in [7, 11) is 1.85. The number of aryl methyl sites for hydroxylation is 1. The van der Waals surface area contributed by atoms with Gasteiger partial charge in [0.1, 0.15) is 4.60 Å². The van der Waals surface area contributed by atoms with E-state index in [9.17, 15) is 4.79 Å². The number of likely N-dealkylation sites (tertiary alicyclic amines) is 1. The first-order chi connectivity index (χ1) is 8.49. The molecule has 1 aliphatic heterocycles. The standard InChI is InChI=1S/C11H16BrN3O3/c1-7-4-15(11(16)17)5-9(7)18-6-8-3-13-14(2)10(8)12/h3,7,9H,4-6H2,1-2H3,(H,16,17). The van der Waals surface area contributed by atoms with Crippen LogP contribution in [0.5, 0.6) is 0 Å². The molecule has 1 saturated heterocycles. The summed E-state index contributed by atoms with van der Waals surface area (Å²) in [4.78, 5) is 12.3. The molecule has 1 aromatic rings. The summed E-state index contributed by atoms with van der Waals surface area (Å²) in [5, 5.41) is 13.0. The molecule has 2 atom stereocenters. The molecule has 2 unspecified atom stereocenters. The topological polar surface area (TPSA) is 67.6 Å². The quantitative estimate of drug-likeness (QED) is 0.921. The molecule has 0 bridgehead atoms. The Morgan fingerprint density at radius 2 is 2.39 bits per heavy atom. The minimum atomic E-state index is -0.879. The largest absolute Gasteiger partial charge is 0.465 e. The number of carbonyl (C=O) groups is 1. The van der Waals surface area contributed by atoms with Gasteiger partial charge >= 0.3 is 6.09 Å². The van der Waals surface area contributed by atoms with Crippen molar-refractivity contribution in [1.82, 2.24) is 14.7 Å². The van der Waals surface area contributed by atoms with Crippen LogP contribution in [0.2, 0.25) is 0 Å². The van der Waals surface area contributed by atoms with Crippen molar-refractivity contribution in [1.29, 1.82) is 0 Å². The highest BCUT2D eigenvalue weighted by atomic mass is 79.9. The monoisotopic (exact) mass is 317 g/mol. The van der Waals surface area contributed by atoms with Crippen LogP contribution in [0, 0.1) is 5.92 Å². The molecule has 6 nitrogen and oxygen atoms in total. The Bertz CT molecular complexity index is 449. The third-order valence-corrected chi connectivity index (χ3v) is 4.23. The lowest BCUT2D eigenvalue weighted by Crippen LogP contribution is -2.28. The second-order valence-corrected chi connectivity index (χ2v) is 5.35. The van der Waals surface area contributed by atoms with E-state index in [4.69, 9.17) is 9.84 Å². The smallest absolute Gasteiger partial charge is 0.407 e. The van der Waals surface area contributed by atoms with E-state index in [1.165, 1.54) is 4.90 Å². The van der Waals surface area contributed by atoms with Crippen molar-refractivity contribution in [3.63, 3.8) is 0 Å². The van der Waals surface area contributed by atoms with E-state index in [1.54, 1.807) is 10.9 Å². The Kier molecular flexibility index (Phi) is 3.91. The predicted molar refractivity (Wildman–Crippen MR) is 68.2 cm³/mol. The zero-order chi connectivity index (χ0) is 13.3. The van der Waals surface area contributed by atoms with Crippen LogP contribution in [0.15, 0.2) is 10.8 Å². The van der Waals surface area contributed by atoms with Gasteiger partial charge in [-0.05, 0) is 15.9 Å². The van der Waals surface area contributed by atoms with Gasteiger partial charge in [0.2, 0.25) is 0 Å². The van der Waals surface area contributed by atoms with Gasteiger partial charge in [-0.2, -0.15) is 5.10 Å². The van der Waals surface area contributed by atoms with E-state index in [0.717, 1.165) is 10.2 Å². The maximum absolute atomic E-state index is 10.9. The van der Waals surface area contributed by atoms with E-state index in [1.807, 2.05) is 14.0 Å². The summed E-state index contributed by atoms with van der Waals surface area (Å²) in [6.07, 6.45) is 0.822. The molecule has 1 fully saturated rings. The predicted octanol–water partition coefficient (Wildman–Crippen LogP) is 1.70. The Hall–Kier alpha value is -1.08. The number of carboxylic acid groups (broad SMARTS) is 1. The fourth-order valence-electron chi connectivity index (χ4n) is 2.07. The van der Waals surface area contributed by atoms with Gasteiger partial charge in [0.25, 0.3) is 0 Å². The number of halogens is 1. The molecule has 7 heteroatoms. The molecule has 0 aromatic carbocycles. The van der Waals surface area contributed by atoms with Crippen molar-refractivity contribution in [3.8, 4) is 0 Å². The lowest BCUT2D eigenvalue weighted by molar-refractivity contribution is 0.0261. The Morgan fingerprint density at radius 1 is 1.67 bits per heavy atom. The van der Waals surface area contributed by atoms with Crippen molar-refractivity contribution in [2.75, 3.05) is 13.1 Å². The number of aromatic nitrogens is 2. The van der Waals surface area contributed by atoms with Gasteiger partial charge in [-0.3, -0.25) is 4.68 Å². The van der Waals surface area contributed by atoms with Gasteiger partial charge in [-0.25, -0.2) is 4.79 Å².